The molecule has 0 amide bonds. The minimum absolute atomic E-state index is 0.277. The Morgan fingerprint density at radius 2 is 2.00 bits per heavy atom. The quantitative estimate of drug-likeness (QED) is 0.652. The van der Waals surface area contributed by atoms with Crippen molar-refractivity contribution in [3.05, 3.63) is 33.9 Å². The summed E-state index contributed by atoms with van der Waals surface area (Å²) in [5, 5.41) is 23.2. The number of aromatic carboxylic acids is 1. The highest BCUT2D eigenvalue weighted by Crippen LogP contribution is 2.36. The third-order valence-corrected chi connectivity index (χ3v) is 4.13. The predicted octanol–water partition coefficient (Wildman–Crippen LogP) is 3.67. The van der Waals surface area contributed by atoms with Crippen LogP contribution in [0.4, 0.5) is 11.4 Å². The number of nitrogens with one attached hydrogen (secondary N) is 1. The Bertz CT molecular complexity index is 559. The van der Waals surface area contributed by atoms with Gasteiger partial charge < -0.3 is 10.4 Å². The van der Waals surface area contributed by atoms with E-state index in [2.05, 4.69) is 19.2 Å². The highest BCUT2D eigenvalue weighted by atomic mass is 16.6. The van der Waals surface area contributed by atoms with Crippen molar-refractivity contribution >= 4 is 17.3 Å². The molecule has 21 heavy (non-hydrogen) atoms. The van der Waals surface area contributed by atoms with Gasteiger partial charge in [0.15, 0.2) is 0 Å². The summed E-state index contributed by atoms with van der Waals surface area (Å²) in [6.45, 7) is 4.50. The van der Waals surface area contributed by atoms with Gasteiger partial charge in [-0.1, -0.05) is 13.8 Å². The van der Waals surface area contributed by atoms with Gasteiger partial charge in [0, 0.05) is 17.8 Å². The highest BCUT2D eigenvalue weighted by molar-refractivity contribution is 5.93. The zero-order chi connectivity index (χ0) is 15.6. The van der Waals surface area contributed by atoms with Gasteiger partial charge in [-0.05, 0) is 43.2 Å². The summed E-state index contributed by atoms with van der Waals surface area (Å²) in [5.41, 5.74) is 0.335. The molecule has 6 nitrogen and oxygen atoms in total. The van der Waals surface area contributed by atoms with Crippen LogP contribution in [0.5, 0.6) is 0 Å². The summed E-state index contributed by atoms with van der Waals surface area (Å²) in [4.78, 5) is 21.3. The first-order valence-corrected chi connectivity index (χ1v) is 7.07. The Morgan fingerprint density at radius 1 is 1.38 bits per heavy atom. The van der Waals surface area contributed by atoms with Crippen LogP contribution in [0, 0.1) is 15.5 Å². The smallest absolute Gasteiger partial charge is 0.342 e. The molecule has 1 aliphatic rings. The fourth-order valence-corrected chi connectivity index (χ4v) is 2.74. The minimum Gasteiger partial charge on any atom is -0.477 e. The van der Waals surface area contributed by atoms with Gasteiger partial charge in [-0.2, -0.15) is 0 Å². The van der Waals surface area contributed by atoms with Crippen LogP contribution in [0.15, 0.2) is 18.2 Å². The molecule has 1 aliphatic carbocycles. The van der Waals surface area contributed by atoms with E-state index in [1.54, 1.807) is 6.07 Å². The summed E-state index contributed by atoms with van der Waals surface area (Å²) in [5.74, 6) is -1.28. The average molecular weight is 292 g/mol. The number of carboxylic acid groups (broad SMARTS) is 1. The summed E-state index contributed by atoms with van der Waals surface area (Å²) in [6.07, 6.45) is 4.27. The summed E-state index contributed by atoms with van der Waals surface area (Å²) in [7, 11) is 0. The van der Waals surface area contributed by atoms with Crippen LogP contribution < -0.4 is 5.32 Å². The van der Waals surface area contributed by atoms with Crippen molar-refractivity contribution in [2.45, 2.75) is 45.6 Å². The number of carboxylic acids is 1. The van der Waals surface area contributed by atoms with E-state index in [4.69, 9.17) is 5.11 Å². The topological polar surface area (TPSA) is 92.5 Å². The van der Waals surface area contributed by atoms with Gasteiger partial charge in [0.05, 0.1) is 4.92 Å². The SMILES string of the molecule is CC1(C)CCC(Nc2ccc([N+](=O)[O-])c(C(=O)O)c2)CC1. The molecule has 1 saturated carbocycles. The van der Waals surface area contributed by atoms with E-state index < -0.39 is 10.9 Å². The molecule has 0 unspecified atom stereocenters. The van der Waals surface area contributed by atoms with Crippen LogP contribution in [0.2, 0.25) is 0 Å². The van der Waals surface area contributed by atoms with Crippen LogP contribution in [0.1, 0.15) is 49.9 Å². The van der Waals surface area contributed by atoms with Crippen molar-refractivity contribution in [3.63, 3.8) is 0 Å². The molecule has 0 heterocycles. The first kappa shape index (κ1) is 15.3. The van der Waals surface area contributed by atoms with E-state index in [1.807, 2.05) is 0 Å². The predicted molar refractivity (Wildman–Crippen MR) is 79.7 cm³/mol. The molecule has 2 rings (SSSR count). The van der Waals surface area contributed by atoms with Crippen LogP contribution in [0.25, 0.3) is 0 Å². The lowest BCUT2D eigenvalue weighted by atomic mass is 9.75. The molecule has 2 N–H and O–H groups in total. The number of nitro groups is 1. The van der Waals surface area contributed by atoms with E-state index in [-0.39, 0.29) is 11.3 Å². The summed E-state index contributed by atoms with van der Waals surface area (Å²) < 4.78 is 0. The van der Waals surface area contributed by atoms with Crippen molar-refractivity contribution in [2.24, 2.45) is 5.41 Å². The van der Waals surface area contributed by atoms with E-state index in [0.29, 0.717) is 17.1 Å². The van der Waals surface area contributed by atoms with E-state index in [1.165, 1.54) is 12.1 Å². The number of hydrogen-bond acceptors (Lipinski definition) is 4. The Balaban J connectivity index is 2.13. The third-order valence-electron chi connectivity index (χ3n) is 4.13. The van der Waals surface area contributed by atoms with Gasteiger partial charge in [-0.3, -0.25) is 10.1 Å². The Labute approximate surface area is 123 Å². The minimum atomic E-state index is -1.28. The maximum absolute atomic E-state index is 11.1. The maximum Gasteiger partial charge on any atom is 0.342 e. The zero-order valence-corrected chi connectivity index (χ0v) is 12.3. The summed E-state index contributed by atoms with van der Waals surface area (Å²) in [6, 6.07) is 4.46. The number of anilines is 1. The molecule has 0 radical (unpaired) electrons. The largest absolute Gasteiger partial charge is 0.477 e. The molecule has 6 heteroatoms. The number of hydrogen-bond donors (Lipinski definition) is 2. The molecular formula is C15H20N2O4. The lowest BCUT2D eigenvalue weighted by Gasteiger charge is -2.35. The number of carbonyl (C=O) groups is 1. The molecule has 0 atom stereocenters. The molecule has 0 bridgehead atoms. The van der Waals surface area contributed by atoms with Crippen LogP contribution in [-0.4, -0.2) is 22.0 Å². The van der Waals surface area contributed by atoms with Crippen LogP contribution >= 0.6 is 0 Å². The second-order valence-corrected chi connectivity index (χ2v) is 6.38. The maximum atomic E-state index is 11.1. The Kier molecular flexibility index (Phi) is 4.16. The number of nitro benzene ring substituents is 1. The molecule has 1 aromatic carbocycles. The molecule has 0 aromatic heterocycles. The van der Waals surface area contributed by atoms with E-state index in [9.17, 15) is 14.9 Å². The fourth-order valence-electron chi connectivity index (χ4n) is 2.74. The first-order chi connectivity index (χ1) is 9.78. The normalized spacial score (nSPS) is 18.2. The zero-order valence-electron chi connectivity index (χ0n) is 12.3. The van der Waals surface area contributed by atoms with Gasteiger partial charge in [0.25, 0.3) is 5.69 Å². The third kappa shape index (κ3) is 3.71. The molecular weight excluding hydrogens is 272 g/mol. The van der Waals surface area contributed by atoms with Gasteiger partial charge >= 0.3 is 5.97 Å². The van der Waals surface area contributed by atoms with Gasteiger partial charge in [0.2, 0.25) is 0 Å². The van der Waals surface area contributed by atoms with Crippen molar-refractivity contribution in [3.8, 4) is 0 Å². The summed E-state index contributed by atoms with van der Waals surface area (Å²) >= 11 is 0. The molecule has 114 valence electrons. The first-order valence-electron chi connectivity index (χ1n) is 7.07. The number of nitrogens with zero attached hydrogens (tertiary/aromatic N) is 1. The second-order valence-electron chi connectivity index (χ2n) is 6.38. The Morgan fingerprint density at radius 3 is 2.52 bits per heavy atom. The highest BCUT2D eigenvalue weighted by Gasteiger charge is 2.27. The van der Waals surface area contributed by atoms with E-state index in [0.717, 1.165) is 25.7 Å². The van der Waals surface area contributed by atoms with Gasteiger partial charge in [-0.25, -0.2) is 4.79 Å². The second kappa shape index (κ2) is 5.71. The lowest BCUT2D eigenvalue weighted by molar-refractivity contribution is -0.385. The van der Waals surface area contributed by atoms with E-state index >= 15 is 0 Å². The number of benzene rings is 1. The monoisotopic (exact) mass is 292 g/mol. The van der Waals surface area contributed by atoms with Crippen molar-refractivity contribution in [2.75, 3.05) is 5.32 Å². The van der Waals surface area contributed by atoms with Gasteiger partial charge in [0.1, 0.15) is 5.56 Å². The van der Waals surface area contributed by atoms with Crippen molar-refractivity contribution < 1.29 is 14.8 Å². The molecule has 0 spiro atoms. The van der Waals surface area contributed by atoms with Crippen LogP contribution in [0.3, 0.4) is 0 Å². The standard InChI is InChI=1S/C15H20N2O4/c1-15(2)7-5-10(6-8-15)16-11-3-4-13(17(20)21)12(9-11)14(18)19/h3-4,9-10,16H,5-8H2,1-2H3,(H,18,19). The number of rotatable bonds is 4. The lowest BCUT2D eigenvalue weighted by Crippen LogP contribution is -2.29. The molecule has 1 aromatic rings. The molecule has 1 fully saturated rings. The molecule has 0 aliphatic heterocycles. The van der Waals surface area contributed by atoms with Gasteiger partial charge in [-0.15, -0.1) is 0 Å². The average Bonchev–Trinajstić information content (AvgIpc) is 2.41. The van der Waals surface area contributed by atoms with Crippen LogP contribution in [-0.2, 0) is 0 Å². The van der Waals surface area contributed by atoms with Crippen molar-refractivity contribution in [1.82, 2.24) is 0 Å². The van der Waals surface area contributed by atoms with Crippen molar-refractivity contribution in [1.29, 1.82) is 0 Å². The molecule has 0 saturated heterocycles. The Hall–Kier alpha value is -2.11. The fraction of sp³-hybridized carbons (Fsp3) is 0.533.